The zero-order valence-electron chi connectivity index (χ0n) is 14.4. The second-order valence-electron chi connectivity index (χ2n) is 7.30. The lowest BCUT2D eigenvalue weighted by Gasteiger charge is -2.28. The Hall–Kier alpha value is -2.34. The Morgan fingerprint density at radius 1 is 0.792 bits per heavy atom. The summed E-state index contributed by atoms with van der Waals surface area (Å²) in [6.07, 6.45) is 1.17. The predicted octanol–water partition coefficient (Wildman–Crippen LogP) is 6.28. The summed E-state index contributed by atoms with van der Waals surface area (Å²) < 4.78 is 0. The van der Waals surface area contributed by atoms with Crippen LogP contribution in [0.2, 0.25) is 0 Å². The summed E-state index contributed by atoms with van der Waals surface area (Å²) in [6.45, 7) is 4.80. The van der Waals surface area contributed by atoms with Gasteiger partial charge in [-0.05, 0) is 40.5 Å². The van der Waals surface area contributed by atoms with Gasteiger partial charge >= 0.3 is 0 Å². The van der Waals surface area contributed by atoms with Crippen molar-refractivity contribution in [1.82, 2.24) is 0 Å². The van der Waals surface area contributed by atoms with E-state index in [2.05, 4.69) is 98.8 Å². The second-order valence-corrected chi connectivity index (χ2v) is 7.30. The first-order chi connectivity index (χ1) is 11.7. The molecular weight excluding hydrogens is 288 g/mol. The molecule has 3 atom stereocenters. The van der Waals surface area contributed by atoms with Crippen LogP contribution in [0.1, 0.15) is 54.4 Å². The summed E-state index contributed by atoms with van der Waals surface area (Å²) in [5.74, 6) is 1.09. The third-order valence-electron chi connectivity index (χ3n) is 5.92. The third kappa shape index (κ3) is 2.38. The smallest absolute Gasteiger partial charge is 0.0183 e. The number of benzene rings is 3. The van der Waals surface area contributed by atoms with Crippen molar-refractivity contribution >= 4 is 0 Å². The van der Waals surface area contributed by atoms with Gasteiger partial charge in [0.05, 0.1) is 0 Å². The molecule has 0 saturated carbocycles. The van der Waals surface area contributed by atoms with Crippen molar-refractivity contribution < 1.29 is 0 Å². The first-order valence-corrected chi connectivity index (χ1v) is 8.90. The van der Waals surface area contributed by atoms with Crippen LogP contribution in [0.5, 0.6) is 0 Å². The molecule has 0 saturated heterocycles. The lowest BCUT2D eigenvalue weighted by Crippen LogP contribution is -2.20. The minimum absolute atomic E-state index is 0.103. The van der Waals surface area contributed by atoms with Gasteiger partial charge in [0.1, 0.15) is 0 Å². The fourth-order valence-corrected chi connectivity index (χ4v) is 4.50. The van der Waals surface area contributed by atoms with Gasteiger partial charge in [-0.1, -0.05) is 98.8 Å². The monoisotopic (exact) mass is 312 g/mol. The van der Waals surface area contributed by atoms with Crippen LogP contribution in [-0.2, 0) is 5.41 Å². The van der Waals surface area contributed by atoms with Crippen molar-refractivity contribution in [3.8, 4) is 0 Å². The second kappa shape index (κ2) is 5.94. The highest BCUT2D eigenvalue weighted by atomic mass is 14.5. The van der Waals surface area contributed by atoms with Gasteiger partial charge in [0.25, 0.3) is 0 Å². The first-order valence-electron chi connectivity index (χ1n) is 8.90. The topological polar surface area (TPSA) is 0 Å². The molecule has 0 nitrogen and oxygen atoms in total. The molecule has 4 rings (SSSR count). The maximum Gasteiger partial charge on any atom is 0.0183 e. The van der Waals surface area contributed by atoms with Crippen LogP contribution < -0.4 is 0 Å². The molecule has 3 aromatic carbocycles. The molecule has 0 bridgehead atoms. The predicted molar refractivity (Wildman–Crippen MR) is 102 cm³/mol. The molecule has 1 aliphatic rings. The van der Waals surface area contributed by atoms with Crippen LogP contribution in [0.15, 0.2) is 84.9 Å². The zero-order valence-corrected chi connectivity index (χ0v) is 14.4. The number of hydrogen-bond acceptors (Lipinski definition) is 0. The Bertz CT molecular complexity index is 819. The highest BCUT2D eigenvalue weighted by Gasteiger charge is 2.43. The van der Waals surface area contributed by atoms with Crippen molar-refractivity contribution in [3.05, 3.63) is 107 Å². The fraction of sp³-hybridized carbons (Fsp3) is 0.250. The Morgan fingerprint density at radius 3 is 2.08 bits per heavy atom. The van der Waals surface area contributed by atoms with Crippen molar-refractivity contribution in [2.75, 3.05) is 0 Å². The van der Waals surface area contributed by atoms with Gasteiger partial charge in [0, 0.05) is 5.41 Å². The molecule has 0 amide bonds. The summed E-state index contributed by atoms with van der Waals surface area (Å²) in [5.41, 5.74) is 6.00. The normalized spacial score (nSPS) is 23.7. The Labute approximate surface area is 145 Å². The van der Waals surface area contributed by atoms with E-state index in [1.807, 2.05) is 0 Å². The van der Waals surface area contributed by atoms with E-state index >= 15 is 0 Å². The number of fused-ring (bicyclic) bond motifs is 1. The van der Waals surface area contributed by atoms with E-state index < -0.39 is 0 Å². The summed E-state index contributed by atoms with van der Waals surface area (Å²) in [5, 5.41) is 0. The van der Waals surface area contributed by atoms with Crippen LogP contribution in [0.4, 0.5) is 0 Å². The van der Waals surface area contributed by atoms with E-state index in [9.17, 15) is 0 Å². The highest BCUT2D eigenvalue weighted by molar-refractivity contribution is 5.50. The maximum absolute atomic E-state index is 2.42. The van der Waals surface area contributed by atoms with Crippen LogP contribution >= 0.6 is 0 Å². The number of hydrogen-bond donors (Lipinski definition) is 0. The maximum atomic E-state index is 2.42. The van der Waals surface area contributed by atoms with Crippen molar-refractivity contribution in [2.24, 2.45) is 0 Å². The molecule has 3 aromatic rings. The molecule has 0 radical (unpaired) electrons. The first kappa shape index (κ1) is 15.2. The zero-order chi connectivity index (χ0) is 16.6. The van der Waals surface area contributed by atoms with Gasteiger partial charge in [0.15, 0.2) is 0 Å². The van der Waals surface area contributed by atoms with E-state index in [1.165, 1.54) is 28.7 Å². The largest absolute Gasteiger partial charge is 0.0622 e. The van der Waals surface area contributed by atoms with Crippen LogP contribution in [0.3, 0.4) is 0 Å². The summed E-state index contributed by atoms with van der Waals surface area (Å²) in [6, 6.07) is 31.0. The molecule has 0 heteroatoms. The minimum atomic E-state index is 0.103. The van der Waals surface area contributed by atoms with E-state index in [-0.39, 0.29) is 5.41 Å². The molecule has 0 N–H and O–H groups in total. The van der Waals surface area contributed by atoms with Gasteiger partial charge < -0.3 is 0 Å². The number of rotatable bonds is 3. The lowest BCUT2D eigenvalue weighted by molar-refractivity contribution is 0.469. The van der Waals surface area contributed by atoms with E-state index in [0.29, 0.717) is 11.8 Å². The third-order valence-corrected chi connectivity index (χ3v) is 5.92. The standard InChI is InChI=1S/C24H24/c1-18(19-11-5-3-6-12-19)22-17-24(2,20-13-7-4-8-14-20)23-16-10-9-15-21(22)23/h3-16,18,22H,17H2,1-2H3. The highest BCUT2D eigenvalue weighted by Crippen LogP contribution is 2.54. The Morgan fingerprint density at radius 2 is 1.38 bits per heavy atom. The molecule has 0 heterocycles. The molecule has 24 heavy (non-hydrogen) atoms. The van der Waals surface area contributed by atoms with Crippen LogP contribution in [0, 0.1) is 0 Å². The summed E-state index contributed by atoms with van der Waals surface area (Å²) >= 11 is 0. The fourth-order valence-electron chi connectivity index (χ4n) is 4.50. The molecule has 0 fully saturated rings. The molecule has 120 valence electrons. The lowest BCUT2D eigenvalue weighted by atomic mass is 9.75. The average molecular weight is 312 g/mol. The van der Waals surface area contributed by atoms with E-state index in [0.717, 1.165) is 0 Å². The van der Waals surface area contributed by atoms with Crippen molar-refractivity contribution in [1.29, 1.82) is 0 Å². The average Bonchev–Trinajstić information content (AvgIpc) is 2.97. The van der Waals surface area contributed by atoms with Crippen molar-refractivity contribution in [3.63, 3.8) is 0 Å². The SMILES string of the molecule is CC(c1ccccc1)C1CC(C)(c2ccccc2)c2ccccc21. The molecule has 0 aliphatic heterocycles. The molecule has 0 spiro atoms. The Balaban J connectivity index is 1.80. The summed E-state index contributed by atoms with van der Waals surface area (Å²) in [7, 11) is 0. The van der Waals surface area contributed by atoms with Crippen LogP contribution in [0.25, 0.3) is 0 Å². The van der Waals surface area contributed by atoms with Crippen molar-refractivity contribution in [2.45, 2.75) is 37.5 Å². The molecular formula is C24H24. The van der Waals surface area contributed by atoms with Crippen LogP contribution in [-0.4, -0.2) is 0 Å². The molecule has 3 unspecified atom stereocenters. The minimum Gasteiger partial charge on any atom is -0.0622 e. The van der Waals surface area contributed by atoms with Gasteiger partial charge in [-0.2, -0.15) is 0 Å². The van der Waals surface area contributed by atoms with E-state index in [4.69, 9.17) is 0 Å². The molecule has 1 aliphatic carbocycles. The Kier molecular flexibility index (Phi) is 3.76. The molecule has 0 aromatic heterocycles. The summed E-state index contributed by atoms with van der Waals surface area (Å²) in [4.78, 5) is 0. The van der Waals surface area contributed by atoms with E-state index in [1.54, 1.807) is 0 Å². The van der Waals surface area contributed by atoms with Gasteiger partial charge in [0.2, 0.25) is 0 Å². The van der Waals surface area contributed by atoms with Gasteiger partial charge in [-0.3, -0.25) is 0 Å². The van der Waals surface area contributed by atoms with Gasteiger partial charge in [-0.25, -0.2) is 0 Å². The van der Waals surface area contributed by atoms with Gasteiger partial charge in [-0.15, -0.1) is 0 Å². The quantitative estimate of drug-likeness (QED) is 0.533.